The first-order valence-corrected chi connectivity index (χ1v) is 41.2. The zero-order valence-electron chi connectivity index (χ0n) is 71.3. The van der Waals surface area contributed by atoms with Crippen LogP contribution in [0.1, 0.15) is 237 Å². The third-order valence-electron chi connectivity index (χ3n) is 24.8. The van der Waals surface area contributed by atoms with E-state index in [9.17, 15) is 10.2 Å². The van der Waals surface area contributed by atoms with Gasteiger partial charge in [-0.05, 0) is 263 Å². The zero-order chi connectivity index (χ0) is 76.0. The standard InChI is InChI=1S/2C29H46N2O.6C7H8.4ClH.2In/c2*1-28(2,3)23-13-22(18-30-25-8-6-7-9-26(25)31(4)5)27(32)24(14-23)29-15-19-10-20(16-29)12-21(11-19)17-29;6*1-7-5-3-2-4-6-7;;;;;;/h2*13-14,19-21,25-26,30,32H,6-12,15-18H2,1-5H3;6*2-6H,1H3;4*1H;;/q;;;;;;;;;;;;2*+3/p-6/t2*19?,20?,21?,25-,26-,29?;;;;;;;;;;;;/m10............/s1. The Labute approximate surface area is 743 Å². The summed E-state index contributed by atoms with van der Waals surface area (Å²) in [5, 5.41) is 35.7. The van der Waals surface area contributed by atoms with Crippen molar-refractivity contribution in [2.45, 2.75) is 270 Å². The average molecular weight is 1800 g/mol. The van der Waals surface area contributed by atoms with Crippen LogP contribution in [0.5, 0.6) is 11.5 Å². The van der Waals surface area contributed by atoms with E-state index in [0.717, 1.165) is 59.7 Å². The molecule has 604 valence electrons. The van der Waals surface area contributed by atoms with Crippen LogP contribution in [-0.2, 0) is 34.7 Å². The molecule has 10 aliphatic carbocycles. The van der Waals surface area contributed by atoms with E-state index in [1.54, 1.807) is 0 Å². The maximum absolute atomic E-state index is 14.0. The van der Waals surface area contributed by atoms with Gasteiger partial charge in [0.1, 0.15) is 0 Å². The van der Waals surface area contributed by atoms with Crippen LogP contribution in [0.15, 0.2) is 206 Å². The molecule has 0 aromatic heterocycles. The Hall–Kier alpha value is -3.90. The number of nitrogens with zero attached hydrogens (tertiary/aromatic N) is 2. The molecule has 0 saturated heterocycles. The van der Waals surface area contributed by atoms with Gasteiger partial charge in [-0.1, -0.05) is 307 Å². The summed E-state index contributed by atoms with van der Waals surface area (Å²) in [6.45, 7) is 27.8. The van der Waals surface area contributed by atoms with E-state index in [1.165, 1.54) is 184 Å². The third-order valence-corrected chi connectivity index (χ3v) is 24.8. The van der Waals surface area contributed by atoms with E-state index in [4.69, 9.17) is 0 Å². The molecule has 8 aromatic carbocycles. The van der Waals surface area contributed by atoms with Crippen LogP contribution in [0.3, 0.4) is 0 Å². The average Bonchev–Trinajstić information content (AvgIpc) is 0.730. The van der Waals surface area contributed by atoms with Crippen molar-refractivity contribution >= 4 is 51.7 Å². The molecule has 8 aromatic rings. The topological polar surface area (TPSA) is 76.7 Å². The largest absolute Gasteiger partial charge is 3.00 e. The molecule has 2 N–H and O–H groups in total. The van der Waals surface area contributed by atoms with Crippen LogP contribution in [0.4, 0.5) is 0 Å². The second kappa shape index (κ2) is 49.5. The van der Waals surface area contributed by atoms with Gasteiger partial charge in [0.05, 0.1) is 0 Å². The van der Waals surface area contributed by atoms with E-state index in [0.29, 0.717) is 35.7 Å². The molecule has 0 unspecified atom stereocenters. The van der Waals surface area contributed by atoms with Crippen molar-refractivity contribution in [2.24, 2.45) is 35.5 Å². The number of likely N-dealkylation sites (N-methyl/N-ethyl adjacent to an activating group) is 2. The van der Waals surface area contributed by atoms with Gasteiger partial charge < -0.3 is 80.3 Å². The molecule has 10 saturated carbocycles. The minimum absolute atomic E-state index is 0. The molecular formula is C100H138Cl4In2N4O2. The summed E-state index contributed by atoms with van der Waals surface area (Å²) in [5.74, 6) is 5.92. The molecular weight excluding hydrogens is 1660 g/mol. The van der Waals surface area contributed by atoms with Crippen molar-refractivity contribution < 1.29 is 59.8 Å². The summed E-state index contributed by atoms with van der Waals surface area (Å²) in [6.07, 6.45) is 26.3. The van der Waals surface area contributed by atoms with Crippen molar-refractivity contribution in [2.75, 3.05) is 28.2 Å². The van der Waals surface area contributed by atoms with Gasteiger partial charge in [-0.25, -0.2) is 0 Å². The molecule has 0 amide bonds. The van der Waals surface area contributed by atoms with Gasteiger partial charge in [0.15, 0.2) is 0 Å². The quantitative estimate of drug-likeness (QED) is 0.142. The monoisotopic (exact) mass is 1800 g/mol. The van der Waals surface area contributed by atoms with Crippen LogP contribution < -0.4 is 70.5 Å². The normalized spacial score (nSPS) is 24.3. The third kappa shape index (κ3) is 31.1. The van der Waals surface area contributed by atoms with E-state index in [2.05, 4.69) is 229 Å². The van der Waals surface area contributed by atoms with E-state index >= 15 is 0 Å². The van der Waals surface area contributed by atoms with Gasteiger partial charge in [0.2, 0.25) is 0 Å². The number of benzene rings is 8. The maximum Gasteiger partial charge on any atom is 3.00 e. The van der Waals surface area contributed by atoms with Gasteiger partial charge in [-0.3, -0.25) is 0 Å². The molecule has 18 rings (SSSR count). The Morgan fingerprint density at radius 2 is 0.536 bits per heavy atom. The minimum Gasteiger partial charge on any atom is -1.00 e. The summed E-state index contributed by atoms with van der Waals surface area (Å²) in [7, 11) is 8.81. The Morgan fingerprint density at radius 1 is 0.330 bits per heavy atom. The molecule has 8 bridgehead atoms. The van der Waals surface area contributed by atoms with E-state index in [1.807, 2.05) is 109 Å². The molecule has 112 heavy (non-hydrogen) atoms. The van der Waals surface area contributed by atoms with Crippen molar-refractivity contribution in [1.82, 2.24) is 20.4 Å². The smallest absolute Gasteiger partial charge is 1.00 e. The predicted molar refractivity (Wildman–Crippen MR) is 461 cm³/mol. The number of halogens is 4. The van der Waals surface area contributed by atoms with Crippen molar-refractivity contribution in [3.8, 4) is 11.5 Å². The second-order valence-corrected chi connectivity index (χ2v) is 36.5. The van der Waals surface area contributed by atoms with Crippen LogP contribution in [-0.4, -0.2) is 114 Å². The molecule has 6 nitrogen and oxygen atoms in total. The van der Waals surface area contributed by atoms with Crippen molar-refractivity contribution in [3.05, 3.63) is 273 Å². The summed E-state index contributed by atoms with van der Waals surface area (Å²) in [4.78, 5) is 4.75. The summed E-state index contributed by atoms with van der Waals surface area (Å²) in [5.41, 5.74) is 15.5. The van der Waals surface area contributed by atoms with Crippen LogP contribution in [0.25, 0.3) is 0 Å². The number of hydrogen-bond donors (Lipinski definition) is 2. The van der Waals surface area contributed by atoms with Crippen LogP contribution in [0, 0.1) is 77.0 Å². The van der Waals surface area contributed by atoms with E-state index in [-0.39, 0.29) is 123 Å². The molecule has 0 spiro atoms. The number of aryl methyl sites for hydroxylation is 6. The Morgan fingerprint density at radius 3 is 0.714 bits per heavy atom. The summed E-state index contributed by atoms with van der Waals surface area (Å²) < 4.78 is 0. The summed E-state index contributed by atoms with van der Waals surface area (Å²) in [6, 6.07) is 72.9. The zero-order valence-corrected chi connectivity index (χ0v) is 81.0. The fourth-order valence-corrected chi connectivity index (χ4v) is 19.8. The number of nitrogens with one attached hydrogen (secondary N) is 2. The predicted octanol–water partition coefficient (Wildman–Crippen LogP) is 10.2. The molecule has 0 aliphatic heterocycles. The SMILES string of the molecule is CN(C)[C@@H]1CCCC[C@H]1NCc1cc(C(C)(C)C)cc(C23CC4CC(CC(C4)C2)C3)c1[O-].CN(C)[C@H]1CCCC[C@@H]1NCc1cc(C(C)(C)C)cc(C23CC4CC(CC(C4)C2)C3)c1[O-].Cc1ccccc1.Cc1ccccc1.Cc1ccccc1.Cc1ccccc1.Cc1ccccc1.Cc1ccccc1.[Cl-].[Cl-].[Cl-].[Cl-].[In+3].[In+3]. The Kier molecular flexibility index (Phi) is 45.2. The van der Waals surface area contributed by atoms with Gasteiger partial charge in [0.25, 0.3) is 0 Å². The fourth-order valence-electron chi connectivity index (χ4n) is 19.8. The van der Waals surface area contributed by atoms with Gasteiger partial charge in [-0.2, -0.15) is 0 Å². The molecule has 12 heteroatoms. The minimum atomic E-state index is 0. The van der Waals surface area contributed by atoms with Gasteiger partial charge in [0, 0.05) is 37.3 Å². The molecule has 0 radical (unpaired) electrons. The molecule has 4 atom stereocenters. The second-order valence-electron chi connectivity index (χ2n) is 36.5. The Balaban J connectivity index is 0.000000370. The van der Waals surface area contributed by atoms with Gasteiger partial charge in [-0.15, -0.1) is 11.5 Å². The van der Waals surface area contributed by atoms with Gasteiger partial charge >= 0.3 is 51.7 Å². The molecule has 10 aliphatic rings. The molecule has 10 fully saturated rings. The first kappa shape index (κ1) is 102. The maximum atomic E-state index is 14.0. The fraction of sp³-hybridized carbons (Fsp3) is 0.520. The Bertz CT molecular complexity index is 3360. The van der Waals surface area contributed by atoms with Crippen LogP contribution in [0.2, 0.25) is 0 Å². The van der Waals surface area contributed by atoms with E-state index < -0.39 is 0 Å². The molecule has 0 heterocycles. The first-order valence-electron chi connectivity index (χ1n) is 41.2. The van der Waals surface area contributed by atoms with Crippen molar-refractivity contribution in [1.29, 1.82) is 0 Å². The number of hydrogen-bond acceptors (Lipinski definition) is 6. The summed E-state index contributed by atoms with van der Waals surface area (Å²) >= 11 is 0. The van der Waals surface area contributed by atoms with Crippen molar-refractivity contribution in [3.63, 3.8) is 0 Å². The first-order chi connectivity index (χ1) is 50.7. The van der Waals surface area contributed by atoms with Crippen LogP contribution >= 0.6 is 0 Å². The number of rotatable bonds is 10.